The molecule has 1 aromatic carbocycles. The number of methoxy groups -OCH3 is 1. The normalized spacial score (nSPS) is 15.3. The SMILES string of the molecule is COC[C@H](O)CCC1(COc2ccc3c(n2)sc2nc(-c4ccc(CC(=O)Cc5cc(C(C)(C)C)on5)cc4)cn23)CC1. The van der Waals surface area contributed by atoms with E-state index in [4.69, 9.17) is 24.0 Å². The summed E-state index contributed by atoms with van der Waals surface area (Å²) in [6, 6.07) is 13.8. The number of aliphatic hydroxyl groups excluding tert-OH is 1. The summed E-state index contributed by atoms with van der Waals surface area (Å²) in [4.78, 5) is 24.0. The van der Waals surface area contributed by atoms with Gasteiger partial charge in [0.15, 0.2) is 4.96 Å². The highest BCUT2D eigenvalue weighted by molar-refractivity contribution is 7.23. The van der Waals surface area contributed by atoms with Crippen molar-refractivity contribution in [2.24, 2.45) is 5.41 Å². The Morgan fingerprint density at radius 1 is 1.14 bits per heavy atom. The maximum Gasteiger partial charge on any atom is 0.214 e. The molecule has 9 nitrogen and oxygen atoms in total. The topological polar surface area (TPSA) is 112 Å². The minimum Gasteiger partial charge on any atom is -0.477 e. The summed E-state index contributed by atoms with van der Waals surface area (Å²) in [7, 11) is 1.61. The number of ether oxygens (including phenoxy) is 2. The molecule has 0 spiro atoms. The number of aliphatic hydroxyl groups is 1. The van der Waals surface area contributed by atoms with Gasteiger partial charge in [-0.1, -0.05) is 61.5 Å². The van der Waals surface area contributed by atoms with Crippen LogP contribution >= 0.6 is 11.3 Å². The number of rotatable bonds is 13. The Morgan fingerprint density at radius 2 is 1.93 bits per heavy atom. The molecular weight excluding hydrogens is 564 g/mol. The second-order valence-corrected chi connectivity index (χ2v) is 13.8. The number of aromatic nitrogens is 4. The second kappa shape index (κ2) is 11.8. The fourth-order valence-corrected chi connectivity index (χ4v) is 6.21. The third-order valence-corrected chi connectivity index (χ3v) is 9.08. The minimum absolute atomic E-state index is 0.0968. The molecule has 1 fully saturated rings. The van der Waals surface area contributed by atoms with E-state index in [0.29, 0.717) is 31.2 Å². The molecule has 0 radical (unpaired) electrons. The van der Waals surface area contributed by atoms with E-state index in [0.717, 1.165) is 63.6 Å². The zero-order valence-electron chi connectivity index (χ0n) is 25.1. The van der Waals surface area contributed by atoms with Gasteiger partial charge in [-0.15, -0.1) is 0 Å². The molecule has 1 saturated carbocycles. The van der Waals surface area contributed by atoms with Gasteiger partial charge in [0.1, 0.15) is 16.4 Å². The van der Waals surface area contributed by atoms with Gasteiger partial charge in [0, 0.05) is 48.3 Å². The van der Waals surface area contributed by atoms with Crippen LogP contribution in [0.3, 0.4) is 0 Å². The molecular formula is C33H38N4O5S. The van der Waals surface area contributed by atoms with E-state index >= 15 is 0 Å². The van der Waals surface area contributed by atoms with Crippen molar-refractivity contribution >= 4 is 32.4 Å². The molecule has 0 unspecified atom stereocenters. The van der Waals surface area contributed by atoms with E-state index in [1.54, 1.807) is 7.11 Å². The zero-order valence-corrected chi connectivity index (χ0v) is 25.9. The van der Waals surface area contributed by atoms with Crippen molar-refractivity contribution in [3.05, 3.63) is 65.7 Å². The molecule has 43 heavy (non-hydrogen) atoms. The minimum atomic E-state index is -0.426. The van der Waals surface area contributed by atoms with Crippen LogP contribution in [0.4, 0.5) is 0 Å². The van der Waals surface area contributed by atoms with Gasteiger partial charge in [0.05, 0.1) is 42.6 Å². The second-order valence-electron chi connectivity index (χ2n) is 12.8. The Bertz CT molecular complexity index is 1730. The molecule has 5 aromatic rings. The van der Waals surface area contributed by atoms with Crippen molar-refractivity contribution in [2.45, 2.75) is 70.8 Å². The average molecular weight is 603 g/mol. The van der Waals surface area contributed by atoms with E-state index < -0.39 is 6.10 Å². The molecule has 1 atom stereocenters. The number of carbonyl (C=O) groups is 1. The highest BCUT2D eigenvalue weighted by Gasteiger charge is 2.43. The van der Waals surface area contributed by atoms with Crippen LogP contribution in [0.25, 0.3) is 26.6 Å². The summed E-state index contributed by atoms with van der Waals surface area (Å²) in [6.45, 7) is 7.15. The number of benzene rings is 1. The standard InChI is InChI=1S/C33H38N4O5S/c1-32(2,3)28-17-23(36-42-28)16-25(39)15-21-5-7-22(8-6-21)26-18-37-27-9-10-29(35-30(27)43-31(37)34-26)41-20-33(13-14-33)12-11-24(38)19-40-4/h5-10,17-18,24,38H,11-16,19-20H2,1-4H3/t24-/m1/s1. The van der Waals surface area contributed by atoms with Gasteiger partial charge in [0.25, 0.3) is 0 Å². The molecule has 1 N–H and O–H groups in total. The molecule has 0 amide bonds. The predicted molar refractivity (Wildman–Crippen MR) is 166 cm³/mol. The quantitative estimate of drug-likeness (QED) is 0.170. The number of ketones is 1. The largest absolute Gasteiger partial charge is 0.477 e. The molecule has 6 rings (SSSR count). The van der Waals surface area contributed by atoms with Gasteiger partial charge in [-0.25, -0.2) is 9.97 Å². The molecule has 226 valence electrons. The van der Waals surface area contributed by atoms with Gasteiger partial charge in [0.2, 0.25) is 5.88 Å². The third-order valence-electron chi connectivity index (χ3n) is 8.11. The average Bonchev–Trinajstić information content (AvgIpc) is 3.24. The van der Waals surface area contributed by atoms with Gasteiger partial charge in [-0.05, 0) is 37.3 Å². The Balaban J connectivity index is 1.07. The number of hydrogen-bond acceptors (Lipinski definition) is 9. The Labute approximate surface area is 254 Å². The van der Waals surface area contributed by atoms with Gasteiger partial charge >= 0.3 is 0 Å². The van der Waals surface area contributed by atoms with Crippen LogP contribution in [-0.2, 0) is 27.8 Å². The third kappa shape index (κ3) is 6.82. The number of thiazole rings is 1. The smallest absolute Gasteiger partial charge is 0.214 e. The summed E-state index contributed by atoms with van der Waals surface area (Å²) in [5.74, 6) is 1.49. The van der Waals surface area contributed by atoms with Crippen LogP contribution in [0, 0.1) is 5.41 Å². The molecule has 10 heteroatoms. The summed E-state index contributed by atoms with van der Waals surface area (Å²) in [6.07, 6.45) is 6.07. The maximum absolute atomic E-state index is 12.7. The summed E-state index contributed by atoms with van der Waals surface area (Å²) < 4.78 is 18.6. The number of hydrogen-bond donors (Lipinski definition) is 1. The highest BCUT2D eigenvalue weighted by atomic mass is 32.1. The van der Waals surface area contributed by atoms with Gasteiger partial charge in [-0.2, -0.15) is 0 Å². The van der Waals surface area contributed by atoms with Crippen LogP contribution in [0.2, 0.25) is 0 Å². The molecule has 1 aliphatic rings. The Hall–Kier alpha value is -3.60. The Kier molecular flexibility index (Phi) is 8.10. The van der Waals surface area contributed by atoms with E-state index in [1.807, 2.05) is 48.7 Å². The molecule has 0 aliphatic heterocycles. The lowest BCUT2D eigenvalue weighted by molar-refractivity contribution is -0.117. The molecule has 1 aliphatic carbocycles. The van der Waals surface area contributed by atoms with E-state index in [9.17, 15) is 9.90 Å². The number of imidazole rings is 1. The predicted octanol–water partition coefficient (Wildman–Crippen LogP) is 6.20. The van der Waals surface area contributed by atoms with Crippen molar-refractivity contribution in [1.29, 1.82) is 0 Å². The summed E-state index contributed by atoms with van der Waals surface area (Å²) in [5, 5.41) is 14.1. The van der Waals surface area contributed by atoms with E-state index in [1.165, 1.54) is 11.3 Å². The van der Waals surface area contributed by atoms with Crippen molar-refractivity contribution in [3.63, 3.8) is 0 Å². The monoisotopic (exact) mass is 602 g/mol. The lowest BCUT2D eigenvalue weighted by Gasteiger charge is -2.17. The number of fused-ring (bicyclic) bond motifs is 3. The van der Waals surface area contributed by atoms with Crippen LogP contribution in [0.1, 0.15) is 63.5 Å². The molecule has 4 aromatic heterocycles. The first-order valence-electron chi connectivity index (χ1n) is 14.8. The van der Waals surface area contributed by atoms with Crippen molar-refractivity contribution < 1.29 is 23.9 Å². The molecule has 0 saturated heterocycles. The maximum atomic E-state index is 12.7. The van der Waals surface area contributed by atoms with Gasteiger partial charge in [-0.3, -0.25) is 9.20 Å². The highest BCUT2D eigenvalue weighted by Crippen LogP contribution is 2.50. The van der Waals surface area contributed by atoms with Crippen molar-refractivity contribution in [1.82, 2.24) is 19.5 Å². The Morgan fingerprint density at radius 3 is 2.63 bits per heavy atom. The fraction of sp³-hybridized carbons (Fsp3) is 0.455. The molecule has 4 heterocycles. The molecule has 0 bridgehead atoms. The first-order valence-corrected chi connectivity index (χ1v) is 15.6. The van der Waals surface area contributed by atoms with Crippen molar-refractivity contribution in [3.8, 4) is 17.1 Å². The zero-order chi connectivity index (χ0) is 30.2. The first kappa shape index (κ1) is 29.5. The fourth-order valence-electron chi connectivity index (χ4n) is 5.24. The van der Waals surface area contributed by atoms with Crippen LogP contribution in [-0.4, -0.2) is 56.8 Å². The first-order chi connectivity index (χ1) is 20.6. The lowest BCUT2D eigenvalue weighted by Crippen LogP contribution is -2.19. The van der Waals surface area contributed by atoms with E-state index in [2.05, 4.69) is 30.3 Å². The van der Waals surface area contributed by atoms with Crippen molar-refractivity contribution in [2.75, 3.05) is 20.3 Å². The number of pyridine rings is 1. The van der Waals surface area contributed by atoms with Crippen LogP contribution in [0.15, 0.2) is 53.2 Å². The summed E-state index contributed by atoms with van der Waals surface area (Å²) in [5.41, 5.74) is 4.48. The number of carbonyl (C=O) groups excluding carboxylic acids is 1. The van der Waals surface area contributed by atoms with Crippen LogP contribution < -0.4 is 4.74 Å². The number of Topliss-reactive ketones (excluding diaryl/α,β-unsaturated/α-hetero) is 1. The lowest BCUT2D eigenvalue weighted by atomic mass is 9.93. The number of nitrogens with zero attached hydrogens (tertiary/aromatic N) is 4. The van der Waals surface area contributed by atoms with E-state index in [-0.39, 0.29) is 23.0 Å². The van der Waals surface area contributed by atoms with Gasteiger partial charge < -0.3 is 19.1 Å². The summed E-state index contributed by atoms with van der Waals surface area (Å²) >= 11 is 1.53. The van der Waals surface area contributed by atoms with Crippen LogP contribution in [0.5, 0.6) is 5.88 Å².